The second kappa shape index (κ2) is 7.78. The van der Waals surface area contributed by atoms with Crippen LogP contribution in [0.4, 0.5) is 4.79 Å². The first kappa shape index (κ1) is 15.6. The molecule has 3 heterocycles. The number of urea groups is 1. The molecule has 122 valence electrons. The molecule has 23 heavy (non-hydrogen) atoms. The minimum atomic E-state index is -0.169. The van der Waals surface area contributed by atoms with Gasteiger partial charge >= 0.3 is 6.03 Å². The molecule has 0 spiro atoms. The van der Waals surface area contributed by atoms with Crippen molar-refractivity contribution in [2.45, 2.75) is 25.4 Å². The zero-order valence-electron chi connectivity index (χ0n) is 13.1. The van der Waals surface area contributed by atoms with Gasteiger partial charge in [-0.1, -0.05) is 0 Å². The number of likely N-dealkylation sites (tertiary alicyclic amines) is 1. The fourth-order valence-corrected chi connectivity index (χ4v) is 2.88. The van der Waals surface area contributed by atoms with Crippen LogP contribution in [-0.2, 0) is 6.54 Å². The van der Waals surface area contributed by atoms with Crippen LogP contribution in [0.3, 0.4) is 0 Å². The van der Waals surface area contributed by atoms with Gasteiger partial charge in [0.2, 0.25) is 0 Å². The summed E-state index contributed by atoms with van der Waals surface area (Å²) in [4.78, 5) is 18.3. The molecule has 0 aromatic carbocycles. The van der Waals surface area contributed by atoms with E-state index < -0.39 is 0 Å². The van der Waals surface area contributed by atoms with Gasteiger partial charge in [0, 0.05) is 25.5 Å². The van der Waals surface area contributed by atoms with E-state index in [9.17, 15) is 4.79 Å². The molecule has 3 rings (SSSR count). The third kappa shape index (κ3) is 4.32. The van der Waals surface area contributed by atoms with Crippen LogP contribution in [0.2, 0.25) is 0 Å². The van der Waals surface area contributed by atoms with Gasteiger partial charge in [0.1, 0.15) is 5.76 Å². The molecule has 1 aliphatic heterocycles. The highest BCUT2D eigenvalue weighted by Crippen LogP contribution is 2.24. The average Bonchev–Trinajstić information content (AvgIpc) is 3.28. The van der Waals surface area contributed by atoms with E-state index in [4.69, 9.17) is 4.42 Å². The van der Waals surface area contributed by atoms with Gasteiger partial charge in [-0.15, -0.1) is 0 Å². The van der Waals surface area contributed by atoms with Crippen LogP contribution < -0.4 is 10.6 Å². The highest BCUT2D eigenvalue weighted by Gasteiger charge is 2.25. The van der Waals surface area contributed by atoms with Crippen LogP contribution in [0, 0.1) is 0 Å². The Morgan fingerprint density at radius 1 is 1.22 bits per heavy atom. The van der Waals surface area contributed by atoms with Crippen LogP contribution >= 0.6 is 0 Å². The van der Waals surface area contributed by atoms with E-state index in [2.05, 4.69) is 20.5 Å². The Morgan fingerprint density at radius 2 is 2.00 bits per heavy atom. The number of carbonyl (C=O) groups is 1. The summed E-state index contributed by atoms with van der Waals surface area (Å²) < 4.78 is 5.55. The summed E-state index contributed by atoms with van der Waals surface area (Å²) >= 11 is 0. The van der Waals surface area contributed by atoms with Crippen molar-refractivity contribution >= 4 is 6.03 Å². The van der Waals surface area contributed by atoms with Crippen LogP contribution in [-0.4, -0.2) is 35.5 Å². The number of amides is 2. The zero-order valence-corrected chi connectivity index (χ0v) is 13.1. The normalized spacial score (nSPS) is 16.2. The molecule has 1 fully saturated rings. The lowest BCUT2D eigenvalue weighted by atomic mass is 10.2. The van der Waals surface area contributed by atoms with Gasteiger partial charge < -0.3 is 15.1 Å². The number of rotatable bonds is 6. The molecular weight excluding hydrogens is 292 g/mol. The second-order valence-corrected chi connectivity index (χ2v) is 5.69. The third-order valence-corrected chi connectivity index (χ3v) is 4.11. The Morgan fingerprint density at radius 3 is 2.70 bits per heavy atom. The van der Waals surface area contributed by atoms with Crippen molar-refractivity contribution in [2.75, 3.05) is 19.6 Å². The summed E-state index contributed by atoms with van der Waals surface area (Å²) in [5, 5.41) is 5.81. The Kier molecular flexibility index (Phi) is 5.26. The quantitative estimate of drug-likeness (QED) is 0.858. The molecule has 1 unspecified atom stereocenters. The molecule has 0 radical (unpaired) electrons. The maximum Gasteiger partial charge on any atom is 0.315 e. The highest BCUT2D eigenvalue weighted by atomic mass is 16.3. The SMILES string of the molecule is O=C(NCc1ccncc1)NCC(c1ccco1)N1CCCC1. The van der Waals surface area contributed by atoms with Gasteiger partial charge in [-0.05, 0) is 55.8 Å². The lowest BCUT2D eigenvalue weighted by Crippen LogP contribution is -2.41. The summed E-state index contributed by atoms with van der Waals surface area (Å²) in [7, 11) is 0. The summed E-state index contributed by atoms with van der Waals surface area (Å²) in [5.74, 6) is 0.904. The van der Waals surface area contributed by atoms with E-state index in [1.807, 2.05) is 24.3 Å². The van der Waals surface area contributed by atoms with Gasteiger partial charge in [0.15, 0.2) is 0 Å². The maximum atomic E-state index is 12.0. The van der Waals surface area contributed by atoms with E-state index in [1.54, 1.807) is 18.7 Å². The third-order valence-electron chi connectivity index (χ3n) is 4.11. The number of hydrogen-bond acceptors (Lipinski definition) is 4. The van der Waals surface area contributed by atoms with Crippen LogP contribution in [0.25, 0.3) is 0 Å². The summed E-state index contributed by atoms with van der Waals surface area (Å²) in [6.45, 7) is 3.12. The van der Waals surface area contributed by atoms with Crippen LogP contribution in [0.15, 0.2) is 47.3 Å². The molecule has 6 nitrogen and oxygen atoms in total. The number of aromatic nitrogens is 1. The van der Waals surface area contributed by atoms with Crippen LogP contribution in [0.1, 0.15) is 30.2 Å². The minimum absolute atomic E-state index is 0.0965. The second-order valence-electron chi connectivity index (χ2n) is 5.69. The lowest BCUT2D eigenvalue weighted by Gasteiger charge is -2.26. The van der Waals surface area contributed by atoms with Gasteiger partial charge in [-0.25, -0.2) is 4.79 Å². The van der Waals surface area contributed by atoms with Crippen molar-refractivity contribution in [3.05, 3.63) is 54.2 Å². The standard InChI is InChI=1S/C17H22N4O2/c22-17(19-12-14-5-7-18-8-6-14)20-13-15(16-4-3-11-23-16)21-9-1-2-10-21/h3-8,11,15H,1-2,9-10,12-13H2,(H2,19,20,22). The molecular formula is C17H22N4O2. The molecule has 2 aromatic rings. The lowest BCUT2D eigenvalue weighted by molar-refractivity contribution is 0.203. The molecule has 2 aromatic heterocycles. The zero-order chi connectivity index (χ0) is 15.9. The van der Waals surface area contributed by atoms with Crippen molar-refractivity contribution in [3.8, 4) is 0 Å². The van der Waals surface area contributed by atoms with E-state index in [-0.39, 0.29) is 12.1 Å². The number of pyridine rings is 1. The fraction of sp³-hybridized carbons (Fsp3) is 0.412. The van der Waals surface area contributed by atoms with Gasteiger partial charge in [-0.2, -0.15) is 0 Å². The van der Waals surface area contributed by atoms with E-state index in [1.165, 1.54) is 12.8 Å². The summed E-state index contributed by atoms with van der Waals surface area (Å²) in [6.07, 6.45) is 7.52. The topological polar surface area (TPSA) is 70.4 Å². The summed E-state index contributed by atoms with van der Waals surface area (Å²) in [6, 6.07) is 7.56. The van der Waals surface area contributed by atoms with Crippen molar-refractivity contribution in [2.24, 2.45) is 0 Å². The van der Waals surface area contributed by atoms with Crippen molar-refractivity contribution in [1.82, 2.24) is 20.5 Å². The Labute approximate surface area is 135 Å². The molecule has 2 amide bonds. The molecule has 1 saturated heterocycles. The Hall–Kier alpha value is -2.34. The molecule has 6 heteroatoms. The van der Waals surface area contributed by atoms with Crippen molar-refractivity contribution in [1.29, 1.82) is 0 Å². The van der Waals surface area contributed by atoms with Crippen molar-refractivity contribution < 1.29 is 9.21 Å². The van der Waals surface area contributed by atoms with Gasteiger partial charge in [0.25, 0.3) is 0 Å². The first-order valence-electron chi connectivity index (χ1n) is 8.01. The number of nitrogens with zero attached hydrogens (tertiary/aromatic N) is 2. The van der Waals surface area contributed by atoms with E-state index >= 15 is 0 Å². The fourth-order valence-electron chi connectivity index (χ4n) is 2.88. The monoisotopic (exact) mass is 314 g/mol. The first-order chi connectivity index (χ1) is 11.3. The number of hydrogen-bond donors (Lipinski definition) is 2. The van der Waals surface area contributed by atoms with Gasteiger partial charge in [-0.3, -0.25) is 9.88 Å². The van der Waals surface area contributed by atoms with Crippen LogP contribution in [0.5, 0.6) is 0 Å². The Balaban J connectivity index is 1.51. The maximum absolute atomic E-state index is 12.0. The van der Waals surface area contributed by atoms with Gasteiger partial charge in [0.05, 0.1) is 12.3 Å². The predicted octanol–water partition coefficient (Wildman–Crippen LogP) is 2.31. The van der Waals surface area contributed by atoms with Crippen molar-refractivity contribution in [3.63, 3.8) is 0 Å². The predicted molar refractivity (Wildman–Crippen MR) is 86.7 cm³/mol. The molecule has 1 aliphatic rings. The molecule has 0 saturated carbocycles. The number of furan rings is 1. The summed E-state index contributed by atoms with van der Waals surface area (Å²) in [5.41, 5.74) is 1.03. The minimum Gasteiger partial charge on any atom is -0.468 e. The molecule has 0 bridgehead atoms. The smallest absolute Gasteiger partial charge is 0.315 e. The number of nitrogens with one attached hydrogen (secondary N) is 2. The molecule has 0 aliphatic carbocycles. The first-order valence-corrected chi connectivity index (χ1v) is 8.01. The average molecular weight is 314 g/mol. The molecule has 2 N–H and O–H groups in total. The van der Waals surface area contributed by atoms with E-state index in [0.717, 1.165) is 24.4 Å². The van der Waals surface area contributed by atoms with E-state index in [0.29, 0.717) is 13.1 Å². The highest BCUT2D eigenvalue weighted by molar-refractivity contribution is 5.73. The molecule has 1 atom stereocenters. The number of carbonyl (C=O) groups excluding carboxylic acids is 1. The largest absolute Gasteiger partial charge is 0.468 e. The Bertz CT molecular complexity index is 594.